The highest BCUT2D eigenvalue weighted by Gasteiger charge is 2.24. The number of hydrogen-bond donors (Lipinski definition) is 1. The minimum absolute atomic E-state index is 0.0770. The van der Waals surface area contributed by atoms with Crippen LogP contribution in [0.3, 0.4) is 0 Å². The van der Waals surface area contributed by atoms with Crippen LogP contribution in [0.2, 0.25) is 0 Å². The average Bonchev–Trinajstić information content (AvgIpc) is 2.66. The second-order valence-electron chi connectivity index (χ2n) is 5.89. The third-order valence-corrected chi connectivity index (χ3v) is 4.52. The van der Waals surface area contributed by atoms with Crippen LogP contribution in [0.5, 0.6) is 23.0 Å². The van der Waals surface area contributed by atoms with Gasteiger partial charge in [-0.25, -0.2) is 0 Å². The van der Waals surface area contributed by atoms with Gasteiger partial charge in [-0.2, -0.15) is 0 Å². The normalized spacial score (nSPS) is 16.1. The Morgan fingerprint density at radius 3 is 2.28 bits per heavy atom. The standard InChI is InChI=1S/C20H25NO4/c1-5-25-16-7-6-14(11-17(16)22-2)20-15-12-19(24-4)18(23-3)10-13(15)8-9-21-20/h6-7,10-12,20-21H,5,8-9H2,1-4H3/t20-/m1/s1. The van der Waals surface area contributed by atoms with E-state index in [1.54, 1.807) is 21.3 Å². The first-order valence-electron chi connectivity index (χ1n) is 8.50. The molecule has 0 aliphatic carbocycles. The Morgan fingerprint density at radius 2 is 1.60 bits per heavy atom. The Kier molecular flexibility index (Phi) is 5.34. The molecule has 1 heterocycles. The fraction of sp³-hybridized carbons (Fsp3) is 0.400. The van der Waals surface area contributed by atoms with Crippen LogP contribution in [0.25, 0.3) is 0 Å². The van der Waals surface area contributed by atoms with Crippen molar-refractivity contribution in [2.45, 2.75) is 19.4 Å². The molecule has 0 saturated carbocycles. The van der Waals surface area contributed by atoms with Crippen molar-refractivity contribution in [2.24, 2.45) is 0 Å². The maximum Gasteiger partial charge on any atom is 0.161 e. The molecule has 1 aliphatic rings. The second-order valence-corrected chi connectivity index (χ2v) is 5.89. The summed E-state index contributed by atoms with van der Waals surface area (Å²) in [6.07, 6.45) is 0.959. The average molecular weight is 343 g/mol. The molecule has 3 rings (SSSR count). The highest BCUT2D eigenvalue weighted by Crippen LogP contribution is 2.39. The van der Waals surface area contributed by atoms with Gasteiger partial charge in [0.05, 0.1) is 34.0 Å². The van der Waals surface area contributed by atoms with Gasteiger partial charge in [0.25, 0.3) is 0 Å². The van der Waals surface area contributed by atoms with Crippen molar-refractivity contribution in [1.82, 2.24) is 5.32 Å². The van der Waals surface area contributed by atoms with Gasteiger partial charge in [0, 0.05) is 6.54 Å². The Labute approximate surface area is 148 Å². The summed E-state index contributed by atoms with van der Waals surface area (Å²) in [7, 11) is 4.99. The van der Waals surface area contributed by atoms with Crippen LogP contribution in [-0.4, -0.2) is 34.5 Å². The number of hydrogen-bond acceptors (Lipinski definition) is 5. The van der Waals surface area contributed by atoms with E-state index < -0.39 is 0 Å². The molecule has 25 heavy (non-hydrogen) atoms. The van der Waals surface area contributed by atoms with E-state index in [2.05, 4.69) is 23.5 Å². The molecule has 0 aromatic heterocycles. The van der Waals surface area contributed by atoms with Gasteiger partial charge in [0.15, 0.2) is 23.0 Å². The molecule has 2 aromatic carbocycles. The van der Waals surface area contributed by atoms with Gasteiger partial charge in [0.2, 0.25) is 0 Å². The van der Waals surface area contributed by atoms with Crippen LogP contribution in [-0.2, 0) is 6.42 Å². The van der Waals surface area contributed by atoms with E-state index in [9.17, 15) is 0 Å². The Bertz CT molecular complexity index is 745. The maximum absolute atomic E-state index is 5.62. The number of nitrogens with one attached hydrogen (secondary N) is 1. The Balaban J connectivity index is 2.03. The van der Waals surface area contributed by atoms with E-state index in [1.807, 2.05) is 19.1 Å². The molecule has 5 nitrogen and oxygen atoms in total. The van der Waals surface area contributed by atoms with Crippen molar-refractivity contribution >= 4 is 0 Å². The van der Waals surface area contributed by atoms with Gasteiger partial charge < -0.3 is 24.3 Å². The smallest absolute Gasteiger partial charge is 0.161 e. The van der Waals surface area contributed by atoms with Crippen molar-refractivity contribution in [3.8, 4) is 23.0 Å². The first-order chi connectivity index (χ1) is 12.2. The zero-order chi connectivity index (χ0) is 17.8. The molecule has 1 N–H and O–H groups in total. The Morgan fingerprint density at radius 1 is 0.920 bits per heavy atom. The molecule has 0 fully saturated rings. The summed E-state index contributed by atoms with van der Waals surface area (Å²) in [5, 5.41) is 3.59. The molecule has 5 heteroatoms. The van der Waals surface area contributed by atoms with Crippen LogP contribution in [0.4, 0.5) is 0 Å². The molecule has 0 unspecified atom stereocenters. The summed E-state index contributed by atoms with van der Waals surface area (Å²) < 4.78 is 22.1. The molecule has 2 aromatic rings. The van der Waals surface area contributed by atoms with Gasteiger partial charge in [-0.05, 0) is 54.3 Å². The SMILES string of the molecule is CCOc1ccc([C@H]2NCCc3cc(OC)c(OC)cc32)cc1OC. The zero-order valence-electron chi connectivity index (χ0n) is 15.2. The fourth-order valence-corrected chi connectivity index (χ4v) is 3.32. The van der Waals surface area contributed by atoms with E-state index in [1.165, 1.54) is 11.1 Å². The van der Waals surface area contributed by atoms with Crippen molar-refractivity contribution < 1.29 is 18.9 Å². The molecule has 0 amide bonds. The highest BCUT2D eigenvalue weighted by atomic mass is 16.5. The third kappa shape index (κ3) is 3.37. The van der Waals surface area contributed by atoms with Gasteiger partial charge in [-0.1, -0.05) is 6.07 Å². The number of rotatable bonds is 6. The number of ether oxygens (including phenoxy) is 4. The summed E-state index contributed by atoms with van der Waals surface area (Å²) >= 11 is 0. The number of benzene rings is 2. The third-order valence-electron chi connectivity index (χ3n) is 4.52. The van der Waals surface area contributed by atoms with E-state index >= 15 is 0 Å². The second kappa shape index (κ2) is 7.66. The summed E-state index contributed by atoms with van der Waals surface area (Å²) in [6, 6.07) is 10.3. The van der Waals surface area contributed by atoms with Crippen molar-refractivity contribution in [1.29, 1.82) is 0 Å². The predicted octanol–water partition coefficient (Wildman–Crippen LogP) is 3.35. The quantitative estimate of drug-likeness (QED) is 0.872. The summed E-state index contributed by atoms with van der Waals surface area (Å²) in [6.45, 7) is 3.48. The van der Waals surface area contributed by atoms with Crippen LogP contribution in [0.15, 0.2) is 30.3 Å². The lowest BCUT2D eigenvalue weighted by molar-refractivity contribution is 0.310. The van der Waals surface area contributed by atoms with Gasteiger partial charge >= 0.3 is 0 Å². The molecule has 0 bridgehead atoms. The predicted molar refractivity (Wildman–Crippen MR) is 97.3 cm³/mol. The van der Waals surface area contributed by atoms with E-state index in [0.29, 0.717) is 6.61 Å². The lowest BCUT2D eigenvalue weighted by atomic mass is 9.89. The highest BCUT2D eigenvalue weighted by molar-refractivity contribution is 5.53. The molecule has 0 radical (unpaired) electrons. The monoisotopic (exact) mass is 343 g/mol. The molecule has 1 atom stereocenters. The van der Waals surface area contributed by atoms with Crippen molar-refractivity contribution in [2.75, 3.05) is 34.5 Å². The molecule has 0 saturated heterocycles. The van der Waals surface area contributed by atoms with Crippen molar-refractivity contribution in [3.05, 3.63) is 47.0 Å². The topological polar surface area (TPSA) is 49.0 Å². The summed E-state index contributed by atoms with van der Waals surface area (Å²) in [5.41, 5.74) is 3.61. The van der Waals surface area contributed by atoms with Crippen molar-refractivity contribution in [3.63, 3.8) is 0 Å². The van der Waals surface area contributed by atoms with E-state index in [0.717, 1.165) is 41.5 Å². The Hall–Kier alpha value is -2.40. The molecular weight excluding hydrogens is 318 g/mol. The van der Waals surface area contributed by atoms with Crippen LogP contribution >= 0.6 is 0 Å². The molecular formula is C20H25NO4. The van der Waals surface area contributed by atoms with Gasteiger partial charge in [0.1, 0.15) is 0 Å². The van der Waals surface area contributed by atoms with Gasteiger partial charge in [-0.3, -0.25) is 0 Å². The minimum Gasteiger partial charge on any atom is -0.493 e. The van der Waals surface area contributed by atoms with Crippen LogP contribution < -0.4 is 24.3 Å². The molecule has 0 spiro atoms. The number of fused-ring (bicyclic) bond motifs is 1. The number of methoxy groups -OCH3 is 3. The largest absolute Gasteiger partial charge is 0.493 e. The minimum atomic E-state index is 0.0770. The summed E-state index contributed by atoms with van der Waals surface area (Å²) in [4.78, 5) is 0. The lowest BCUT2D eigenvalue weighted by Gasteiger charge is -2.29. The fourth-order valence-electron chi connectivity index (χ4n) is 3.32. The van der Waals surface area contributed by atoms with E-state index in [-0.39, 0.29) is 6.04 Å². The summed E-state index contributed by atoms with van der Waals surface area (Å²) in [5.74, 6) is 3.02. The molecule has 1 aliphatic heterocycles. The maximum atomic E-state index is 5.62. The van der Waals surface area contributed by atoms with Gasteiger partial charge in [-0.15, -0.1) is 0 Å². The molecule has 134 valence electrons. The first-order valence-corrected chi connectivity index (χ1v) is 8.50. The zero-order valence-corrected chi connectivity index (χ0v) is 15.2. The van der Waals surface area contributed by atoms with Crippen LogP contribution in [0.1, 0.15) is 29.7 Å². The lowest BCUT2D eigenvalue weighted by Crippen LogP contribution is -2.30. The first kappa shape index (κ1) is 17.4. The van der Waals surface area contributed by atoms with E-state index in [4.69, 9.17) is 18.9 Å². The van der Waals surface area contributed by atoms with Crippen LogP contribution in [0, 0.1) is 0 Å².